The number of rotatable bonds is 17. The Balaban J connectivity index is 1.59. The van der Waals surface area contributed by atoms with E-state index in [1.807, 2.05) is 0 Å². The predicted molar refractivity (Wildman–Crippen MR) is 122 cm³/mol. The molecule has 2 bridgehead atoms. The number of aliphatic hydroxyl groups excluding tert-OH is 3. The van der Waals surface area contributed by atoms with Crippen LogP contribution in [0.3, 0.4) is 0 Å². The van der Waals surface area contributed by atoms with Gasteiger partial charge in [-0.15, -0.1) is 0 Å². The lowest BCUT2D eigenvalue weighted by Gasteiger charge is -2.47. The van der Waals surface area contributed by atoms with Crippen LogP contribution in [0.25, 0.3) is 0 Å². The van der Waals surface area contributed by atoms with Gasteiger partial charge in [-0.2, -0.15) is 0 Å². The maximum atomic E-state index is 12.5. The molecular formula is C25H44O8. The monoisotopic (exact) mass is 472 g/mol. The Labute approximate surface area is 198 Å². The molecular weight excluding hydrogens is 428 g/mol. The topological polar surface area (TPSA) is 123 Å². The fourth-order valence-electron chi connectivity index (χ4n) is 4.68. The Bertz CT molecular complexity index is 583. The molecule has 33 heavy (non-hydrogen) atoms. The van der Waals surface area contributed by atoms with Gasteiger partial charge in [0.2, 0.25) is 0 Å². The van der Waals surface area contributed by atoms with Crippen molar-refractivity contribution in [1.29, 1.82) is 0 Å². The third-order valence-electron chi connectivity index (χ3n) is 6.60. The minimum absolute atomic E-state index is 0.118. The summed E-state index contributed by atoms with van der Waals surface area (Å²) >= 11 is 0. The summed E-state index contributed by atoms with van der Waals surface area (Å²) in [6, 6.07) is 0. The second-order valence-electron chi connectivity index (χ2n) is 9.59. The molecule has 0 saturated carbocycles. The van der Waals surface area contributed by atoms with Crippen molar-refractivity contribution in [2.75, 3.05) is 6.61 Å². The van der Waals surface area contributed by atoms with Crippen molar-refractivity contribution in [3.63, 3.8) is 0 Å². The third-order valence-corrected chi connectivity index (χ3v) is 6.60. The molecule has 0 amide bonds. The fourth-order valence-corrected chi connectivity index (χ4v) is 4.68. The van der Waals surface area contributed by atoms with E-state index in [1.165, 1.54) is 57.8 Å². The summed E-state index contributed by atoms with van der Waals surface area (Å²) in [7, 11) is 0. The number of unbranched alkanes of at least 4 members (excludes halogenated alkanes) is 12. The normalized spacial score (nSPS) is 27.8. The molecule has 2 aliphatic heterocycles. The first-order valence-corrected chi connectivity index (χ1v) is 13.0. The molecule has 5 atom stereocenters. The molecule has 0 aromatic heterocycles. The van der Waals surface area contributed by atoms with Crippen molar-refractivity contribution in [2.45, 2.75) is 140 Å². The highest BCUT2D eigenvalue weighted by atomic mass is 16.8. The van der Waals surface area contributed by atoms with Gasteiger partial charge < -0.3 is 29.5 Å². The number of carbonyl (C=O) groups is 2. The predicted octanol–water partition coefficient (Wildman–Crippen LogP) is 3.53. The van der Waals surface area contributed by atoms with Gasteiger partial charge in [0.15, 0.2) is 6.10 Å². The number of hydrogen-bond donors (Lipinski definition) is 3. The van der Waals surface area contributed by atoms with Crippen molar-refractivity contribution >= 4 is 11.9 Å². The SMILES string of the molecule is CCCCCCCCCCCCCCCC(=O)OC12CC(O)CC(O1)C([C@H](O)CO)OC2=O. The van der Waals surface area contributed by atoms with Gasteiger partial charge in [-0.25, -0.2) is 4.79 Å². The van der Waals surface area contributed by atoms with E-state index in [0.29, 0.717) is 6.42 Å². The third kappa shape index (κ3) is 9.15. The molecule has 4 unspecified atom stereocenters. The average Bonchev–Trinajstić information content (AvgIpc) is 2.78. The van der Waals surface area contributed by atoms with Crippen molar-refractivity contribution in [1.82, 2.24) is 0 Å². The second-order valence-corrected chi connectivity index (χ2v) is 9.59. The molecule has 0 radical (unpaired) electrons. The fraction of sp³-hybridized carbons (Fsp3) is 0.920. The van der Waals surface area contributed by atoms with Crippen LogP contribution in [0.1, 0.15) is 110 Å². The maximum absolute atomic E-state index is 12.5. The van der Waals surface area contributed by atoms with Crippen LogP contribution in [-0.4, -0.2) is 64.1 Å². The lowest BCUT2D eigenvalue weighted by molar-refractivity contribution is -0.328. The van der Waals surface area contributed by atoms with Crippen LogP contribution in [0.5, 0.6) is 0 Å². The maximum Gasteiger partial charge on any atom is 0.380 e. The van der Waals surface area contributed by atoms with Gasteiger partial charge in [0.25, 0.3) is 0 Å². The van der Waals surface area contributed by atoms with Gasteiger partial charge in [-0.1, -0.05) is 84.0 Å². The van der Waals surface area contributed by atoms with E-state index in [2.05, 4.69) is 6.92 Å². The number of ether oxygens (including phenoxy) is 3. The molecule has 0 aromatic carbocycles. The summed E-state index contributed by atoms with van der Waals surface area (Å²) in [4.78, 5) is 24.8. The molecule has 2 aliphatic rings. The van der Waals surface area contributed by atoms with E-state index in [9.17, 15) is 19.8 Å². The Hall–Kier alpha value is -1.22. The van der Waals surface area contributed by atoms with E-state index in [-0.39, 0.29) is 19.3 Å². The number of esters is 2. The van der Waals surface area contributed by atoms with Crippen LogP contribution in [0, 0.1) is 0 Å². The van der Waals surface area contributed by atoms with Crippen molar-refractivity contribution in [3.8, 4) is 0 Å². The van der Waals surface area contributed by atoms with Gasteiger partial charge in [0, 0.05) is 12.8 Å². The molecule has 2 rings (SSSR count). The summed E-state index contributed by atoms with van der Waals surface area (Å²) in [5.74, 6) is -3.49. The minimum Gasteiger partial charge on any atom is -0.452 e. The lowest BCUT2D eigenvalue weighted by Crippen LogP contribution is -2.65. The van der Waals surface area contributed by atoms with Crippen LogP contribution < -0.4 is 0 Å². The number of hydrogen-bond acceptors (Lipinski definition) is 8. The van der Waals surface area contributed by atoms with Crippen molar-refractivity contribution in [3.05, 3.63) is 0 Å². The second kappa shape index (κ2) is 14.9. The van der Waals surface area contributed by atoms with Crippen LogP contribution in [0.4, 0.5) is 0 Å². The Kier molecular flexibility index (Phi) is 12.7. The molecule has 8 heteroatoms. The van der Waals surface area contributed by atoms with Crippen LogP contribution in [0.15, 0.2) is 0 Å². The van der Waals surface area contributed by atoms with Gasteiger partial charge in [-0.05, 0) is 6.42 Å². The molecule has 0 spiro atoms. The summed E-state index contributed by atoms with van der Waals surface area (Å²) in [5, 5.41) is 29.2. The number of carbonyl (C=O) groups excluding carboxylic acids is 2. The van der Waals surface area contributed by atoms with E-state index >= 15 is 0 Å². The van der Waals surface area contributed by atoms with Crippen molar-refractivity contribution < 1.29 is 39.1 Å². The zero-order valence-electron chi connectivity index (χ0n) is 20.2. The molecule has 192 valence electrons. The molecule has 2 fully saturated rings. The molecule has 3 N–H and O–H groups in total. The minimum atomic E-state index is -1.97. The molecule has 0 aromatic rings. The van der Waals surface area contributed by atoms with Gasteiger partial charge in [-0.3, -0.25) is 4.79 Å². The largest absolute Gasteiger partial charge is 0.452 e. The van der Waals surface area contributed by atoms with E-state index in [4.69, 9.17) is 19.3 Å². The molecule has 2 heterocycles. The zero-order chi connectivity index (χ0) is 24.1. The Morgan fingerprint density at radius 3 is 2.12 bits per heavy atom. The zero-order valence-corrected chi connectivity index (χ0v) is 20.2. The quantitative estimate of drug-likeness (QED) is 0.217. The van der Waals surface area contributed by atoms with Gasteiger partial charge in [0.1, 0.15) is 12.2 Å². The smallest absolute Gasteiger partial charge is 0.380 e. The first kappa shape index (κ1) is 28.0. The highest BCUT2D eigenvalue weighted by Crippen LogP contribution is 2.39. The summed E-state index contributed by atoms with van der Waals surface area (Å²) in [6.07, 6.45) is 11.5. The highest BCUT2D eigenvalue weighted by Gasteiger charge is 2.59. The van der Waals surface area contributed by atoms with Crippen LogP contribution in [0.2, 0.25) is 0 Å². The molecule has 2 saturated heterocycles. The van der Waals surface area contributed by atoms with Gasteiger partial charge >= 0.3 is 17.7 Å². The number of aliphatic hydroxyl groups is 3. The summed E-state index contributed by atoms with van der Waals surface area (Å²) < 4.78 is 16.2. The number of cyclic esters (lactones) is 1. The summed E-state index contributed by atoms with van der Waals surface area (Å²) in [6.45, 7) is 1.63. The highest BCUT2D eigenvalue weighted by molar-refractivity contribution is 5.83. The van der Waals surface area contributed by atoms with E-state index < -0.39 is 48.7 Å². The summed E-state index contributed by atoms with van der Waals surface area (Å²) in [5.41, 5.74) is 0. The van der Waals surface area contributed by atoms with Crippen LogP contribution in [-0.2, 0) is 23.8 Å². The lowest BCUT2D eigenvalue weighted by atomic mass is 9.91. The molecule has 8 nitrogen and oxygen atoms in total. The number of fused-ring (bicyclic) bond motifs is 2. The average molecular weight is 473 g/mol. The first-order chi connectivity index (χ1) is 15.9. The van der Waals surface area contributed by atoms with E-state index in [0.717, 1.165) is 19.3 Å². The first-order valence-electron chi connectivity index (χ1n) is 13.0. The molecule has 0 aliphatic carbocycles. The van der Waals surface area contributed by atoms with Gasteiger partial charge in [0.05, 0.1) is 19.1 Å². The Morgan fingerprint density at radius 1 is 1.03 bits per heavy atom. The van der Waals surface area contributed by atoms with Crippen LogP contribution >= 0.6 is 0 Å². The Morgan fingerprint density at radius 2 is 1.58 bits per heavy atom. The van der Waals surface area contributed by atoms with Crippen molar-refractivity contribution in [2.24, 2.45) is 0 Å². The standard InChI is InChI=1S/C25H44O8/c1-2-3-4-5-6-7-8-9-10-11-12-13-14-15-22(29)33-25-17-19(27)16-21(32-25)23(20(28)18-26)31-24(25)30/h19-21,23,26-28H,2-18H2,1H3/t19?,20-,21?,23?,25?/m1/s1. The van der Waals surface area contributed by atoms with E-state index in [1.54, 1.807) is 0 Å².